The zero-order valence-corrected chi connectivity index (χ0v) is 21.5. The number of anilines is 1. The quantitative estimate of drug-likeness (QED) is 0.496. The number of Topliss-reactive ketones (excluding diaryl/α,β-unsaturated/α-hetero) is 1. The molecule has 2 aliphatic carbocycles. The van der Waals surface area contributed by atoms with Crippen molar-refractivity contribution in [2.24, 2.45) is 5.41 Å². The van der Waals surface area contributed by atoms with E-state index in [1.807, 2.05) is 6.92 Å². The van der Waals surface area contributed by atoms with Crippen LogP contribution in [0.5, 0.6) is 0 Å². The summed E-state index contributed by atoms with van der Waals surface area (Å²) >= 11 is 12.1. The van der Waals surface area contributed by atoms with Crippen LogP contribution in [0.3, 0.4) is 0 Å². The van der Waals surface area contributed by atoms with Crippen molar-refractivity contribution in [2.75, 3.05) is 5.32 Å². The van der Waals surface area contributed by atoms with Crippen LogP contribution in [0.2, 0.25) is 10.0 Å². The van der Waals surface area contributed by atoms with E-state index in [2.05, 4.69) is 15.6 Å². The maximum atomic E-state index is 13.0. The number of carbonyl (C=O) groups is 3. The van der Waals surface area contributed by atoms with Crippen LogP contribution in [0.25, 0.3) is 0 Å². The average Bonchev–Trinajstić information content (AvgIpc) is 2.86. The second kappa shape index (κ2) is 11.0. The topological polar surface area (TPSA) is 111 Å². The van der Waals surface area contributed by atoms with E-state index in [0.717, 1.165) is 55.4 Å². The third-order valence-corrected chi connectivity index (χ3v) is 7.60. The van der Waals surface area contributed by atoms with Gasteiger partial charge in [0.05, 0.1) is 33.0 Å². The number of pyridine rings is 1. The minimum absolute atomic E-state index is 0.126. The third-order valence-electron chi connectivity index (χ3n) is 7.03. The van der Waals surface area contributed by atoms with Crippen LogP contribution in [0.15, 0.2) is 47.9 Å². The van der Waals surface area contributed by atoms with Gasteiger partial charge in [-0.3, -0.25) is 14.6 Å². The molecule has 0 aliphatic heterocycles. The van der Waals surface area contributed by atoms with Gasteiger partial charge in [-0.15, -0.1) is 0 Å². The summed E-state index contributed by atoms with van der Waals surface area (Å²) in [5.41, 5.74) is 2.36. The van der Waals surface area contributed by atoms with E-state index >= 15 is 0 Å². The minimum Gasteiger partial charge on any atom is -0.548 e. The summed E-state index contributed by atoms with van der Waals surface area (Å²) in [7, 11) is 0. The SMILES string of the molecule is CCCC1=C(NC(Cc2ccc(NC(=O)c3c(Cl)cncc3Cl)cc2)C(=O)[O-])C2(CCCCC2)C1=O. The van der Waals surface area contributed by atoms with Crippen LogP contribution in [0, 0.1) is 5.41 Å². The third kappa shape index (κ3) is 5.13. The van der Waals surface area contributed by atoms with Gasteiger partial charge in [-0.25, -0.2) is 0 Å². The maximum Gasteiger partial charge on any atom is 0.258 e. The lowest BCUT2D eigenvalue weighted by Crippen LogP contribution is -2.56. The number of amides is 1. The molecule has 190 valence electrons. The Hall–Kier alpha value is -2.90. The number of allylic oxidation sites excluding steroid dienone is 2. The number of benzene rings is 1. The molecule has 0 bridgehead atoms. The molecule has 2 N–H and O–H groups in total. The molecule has 1 unspecified atom stereocenters. The Bertz CT molecular complexity index is 1180. The van der Waals surface area contributed by atoms with Gasteiger partial charge in [0.15, 0.2) is 5.78 Å². The smallest absolute Gasteiger partial charge is 0.258 e. The number of nitrogens with zero attached hydrogens (tertiary/aromatic N) is 1. The highest BCUT2D eigenvalue weighted by Gasteiger charge is 2.53. The first kappa shape index (κ1) is 26.2. The highest BCUT2D eigenvalue weighted by atomic mass is 35.5. The number of rotatable bonds is 9. The highest BCUT2D eigenvalue weighted by molar-refractivity contribution is 6.40. The van der Waals surface area contributed by atoms with Crippen molar-refractivity contribution >= 4 is 46.5 Å². The van der Waals surface area contributed by atoms with Crippen LogP contribution >= 0.6 is 23.2 Å². The predicted molar refractivity (Wildman–Crippen MR) is 137 cm³/mol. The molecule has 1 spiro atoms. The zero-order valence-electron chi connectivity index (χ0n) is 20.0. The van der Waals surface area contributed by atoms with Crippen LogP contribution in [0.4, 0.5) is 5.69 Å². The molecule has 4 rings (SSSR count). The first-order chi connectivity index (χ1) is 17.3. The average molecular weight is 529 g/mol. The summed E-state index contributed by atoms with van der Waals surface area (Å²) in [5.74, 6) is -1.52. The van der Waals surface area contributed by atoms with E-state index in [0.29, 0.717) is 12.1 Å². The van der Waals surface area contributed by atoms with Gasteiger partial charge in [0.25, 0.3) is 5.91 Å². The van der Waals surface area contributed by atoms with Crippen LogP contribution in [-0.2, 0) is 16.0 Å². The molecule has 9 heteroatoms. The minimum atomic E-state index is -1.22. The lowest BCUT2D eigenvalue weighted by Gasteiger charge is -2.48. The normalized spacial score (nSPS) is 17.5. The molecule has 2 aliphatic rings. The Morgan fingerprint density at radius 3 is 2.31 bits per heavy atom. The van der Waals surface area contributed by atoms with Crippen LogP contribution in [0.1, 0.15) is 67.8 Å². The summed E-state index contributed by atoms with van der Waals surface area (Å²) in [6.07, 6.45) is 8.88. The molecular weight excluding hydrogens is 501 g/mol. The lowest BCUT2D eigenvalue weighted by atomic mass is 9.58. The van der Waals surface area contributed by atoms with Crippen molar-refractivity contribution in [1.29, 1.82) is 0 Å². The molecule has 0 saturated heterocycles. The van der Waals surface area contributed by atoms with Crippen molar-refractivity contribution in [3.05, 3.63) is 69.1 Å². The number of aromatic nitrogens is 1. The summed E-state index contributed by atoms with van der Waals surface area (Å²) in [6, 6.07) is 5.87. The number of carboxylic acid groups (broad SMARTS) is 1. The molecule has 1 aromatic carbocycles. The molecular formula is C27H28Cl2N3O4-. The fourth-order valence-electron chi connectivity index (χ4n) is 5.24. The van der Waals surface area contributed by atoms with Crippen molar-refractivity contribution in [3.8, 4) is 0 Å². The van der Waals surface area contributed by atoms with Gasteiger partial charge in [0.1, 0.15) is 0 Å². The molecule has 1 atom stereocenters. The number of halogens is 2. The molecule has 1 fully saturated rings. The predicted octanol–water partition coefficient (Wildman–Crippen LogP) is 4.48. The second-order valence-corrected chi connectivity index (χ2v) is 10.2. The highest BCUT2D eigenvalue weighted by Crippen LogP contribution is 2.52. The first-order valence-corrected chi connectivity index (χ1v) is 13.0. The Kier molecular flexibility index (Phi) is 8.00. The van der Waals surface area contributed by atoms with Crippen LogP contribution < -0.4 is 15.7 Å². The van der Waals surface area contributed by atoms with Gasteiger partial charge < -0.3 is 20.5 Å². The fraction of sp³-hybridized carbons (Fsp3) is 0.407. The monoisotopic (exact) mass is 528 g/mol. The van der Waals surface area contributed by atoms with Crippen molar-refractivity contribution in [2.45, 2.75) is 64.3 Å². The van der Waals surface area contributed by atoms with E-state index in [4.69, 9.17) is 23.2 Å². The number of ketones is 1. The van der Waals surface area contributed by atoms with E-state index in [1.54, 1.807) is 24.3 Å². The Morgan fingerprint density at radius 2 is 1.72 bits per heavy atom. The second-order valence-electron chi connectivity index (χ2n) is 9.42. The molecule has 1 aromatic heterocycles. The van der Waals surface area contributed by atoms with Gasteiger partial charge in [-0.2, -0.15) is 0 Å². The number of hydrogen-bond acceptors (Lipinski definition) is 6. The molecule has 36 heavy (non-hydrogen) atoms. The van der Waals surface area contributed by atoms with Crippen molar-refractivity contribution in [3.63, 3.8) is 0 Å². The molecule has 1 amide bonds. The van der Waals surface area contributed by atoms with E-state index < -0.39 is 23.3 Å². The van der Waals surface area contributed by atoms with Crippen molar-refractivity contribution < 1.29 is 19.5 Å². The number of hydrogen-bond donors (Lipinski definition) is 2. The van der Waals surface area contributed by atoms with E-state index in [-0.39, 0.29) is 27.8 Å². The van der Waals surface area contributed by atoms with Gasteiger partial charge >= 0.3 is 0 Å². The Morgan fingerprint density at radius 1 is 1.08 bits per heavy atom. The van der Waals surface area contributed by atoms with Gasteiger partial charge in [-0.1, -0.05) is 67.9 Å². The summed E-state index contributed by atoms with van der Waals surface area (Å²) in [5, 5.41) is 18.3. The Labute approximate surface area is 220 Å². The van der Waals surface area contributed by atoms with Gasteiger partial charge in [0.2, 0.25) is 0 Å². The summed E-state index contributed by atoms with van der Waals surface area (Å²) < 4.78 is 0. The molecule has 2 aromatic rings. The Balaban J connectivity index is 1.47. The van der Waals surface area contributed by atoms with Crippen molar-refractivity contribution in [1.82, 2.24) is 10.3 Å². The molecule has 1 saturated carbocycles. The van der Waals surface area contributed by atoms with E-state index in [9.17, 15) is 19.5 Å². The summed E-state index contributed by atoms with van der Waals surface area (Å²) in [4.78, 5) is 41.5. The van der Waals surface area contributed by atoms with Crippen LogP contribution in [-0.4, -0.2) is 28.7 Å². The number of aliphatic carboxylic acids is 1. The van der Waals surface area contributed by atoms with Gasteiger partial charge in [-0.05, 0) is 43.4 Å². The fourth-order valence-corrected chi connectivity index (χ4v) is 5.77. The summed E-state index contributed by atoms with van der Waals surface area (Å²) in [6.45, 7) is 2.01. The largest absolute Gasteiger partial charge is 0.548 e. The first-order valence-electron chi connectivity index (χ1n) is 12.2. The number of nitrogens with one attached hydrogen (secondary N) is 2. The molecule has 7 nitrogen and oxygen atoms in total. The molecule has 0 radical (unpaired) electrons. The van der Waals surface area contributed by atoms with Gasteiger partial charge in [0, 0.05) is 29.4 Å². The lowest BCUT2D eigenvalue weighted by molar-refractivity contribution is -0.308. The number of carbonyl (C=O) groups excluding carboxylic acids is 3. The zero-order chi connectivity index (χ0) is 25.9. The molecule has 1 heterocycles. The standard InChI is InChI=1S/C27H29Cl2N3O4/c1-2-6-18-23(27(24(18)33)11-4-3-5-12-27)32-21(26(35)36)13-16-7-9-17(10-8-16)31-25(34)22-19(28)14-30-15-20(22)29/h7-10,14-15,21,32H,2-6,11-13H2,1H3,(H,31,34)(H,35,36)/p-1. The maximum absolute atomic E-state index is 13.0. The van der Waals surface area contributed by atoms with E-state index in [1.165, 1.54) is 12.4 Å². The number of carboxylic acids is 1.